The lowest BCUT2D eigenvalue weighted by atomic mass is 10.1. The molecule has 7 heteroatoms. The molecule has 1 heterocycles. The Morgan fingerprint density at radius 1 is 1.21 bits per heavy atom. The Kier molecular flexibility index (Phi) is 6.75. The van der Waals surface area contributed by atoms with Crippen LogP contribution in [-0.2, 0) is 21.2 Å². The highest BCUT2D eigenvalue weighted by Gasteiger charge is 2.39. The van der Waals surface area contributed by atoms with E-state index in [-0.39, 0.29) is 10.8 Å². The van der Waals surface area contributed by atoms with E-state index in [1.807, 2.05) is 6.07 Å². The molecule has 1 amide bonds. The molecule has 5 nitrogen and oxygen atoms in total. The molecule has 0 spiro atoms. The van der Waals surface area contributed by atoms with Crippen LogP contribution in [0.2, 0.25) is 5.02 Å². The molecule has 0 unspecified atom stereocenters. The van der Waals surface area contributed by atoms with Crippen molar-refractivity contribution in [3.05, 3.63) is 64.7 Å². The van der Waals surface area contributed by atoms with Crippen LogP contribution in [0.3, 0.4) is 0 Å². The highest BCUT2D eigenvalue weighted by atomic mass is 35.5. The number of benzene rings is 2. The summed E-state index contributed by atoms with van der Waals surface area (Å²) in [5, 5.41) is 3.38. The summed E-state index contributed by atoms with van der Waals surface area (Å²) < 4.78 is 27.1. The molecule has 1 saturated heterocycles. The van der Waals surface area contributed by atoms with Gasteiger partial charge in [0, 0.05) is 18.1 Å². The van der Waals surface area contributed by atoms with E-state index >= 15 is 0 Å². The third-order valence-corrected chi connectivity index (χ3v) is 7.12. The van der Waals surface area contributed by atoms with Gasteiger partial charge in [-0.25, -0.2) is 8.42 Å². The van der Waals surface area contributed by atoms with Crippen LogP contribution in [0.15, 0.2) is 53.4 Å². The monoisotopic (exact) mass is 420 g/mol. The predicted octanol–water partition coefficient (Wildman–Crippen LogP) is 3.55. The number of halogens is 1. The molecule has 0 saturated carbocycles. The van der Waals surface area contributed by atoms with Crippen molar-refractivity contribution in [1.29, 1.82) is 0 Å². The molecule has 1 atom stereocenters. The van der Waals surface area contributed by atoms with E-state index in [1.54, 1.807) is 12.1 Å². The van der Waals surface area contributed by atoms with Crippen LogP contribution in [0, 0.1) is 6.92 Å². The highest BCUT2D eigenvalue weighted by molar-refractivity contribution is 7.89. The van der Waals surface area contributed by atoms with Gasteiger partial charge in [-0.15, -0.1) is 0 Å². The number of rotatable bonds is 7. The first-order valence-electron chi connectivity index (χ1n) is 9.48. The van der Waals surface area contributed by atoms with Crippen molar-refractivity contribution < 1.29 is 13.2 Å². The fourth-order valence-electron chi connectivity index (χ4n) is 3.52. The molecule has 2 aromatic carbocycles. The Labute approximate surface area is 171 Å². The SMILES string of the molecule is Cc1cccc(CCCNC(=O)[C@H]2CCCN2S(=O)(=O)c2ccc(Cl)cc2)c1. The van der Waals surface area contributed by atoms with E-state index in [1.165, 1.54) is 27.6 Å². The Morgan fingerprint density at radius 3 is 2.68 bits per heavy atom. The summed E-state index contributed by atoms with van der Waals surface area (Å²) in [5.74, 6) is -0.223. The molecule has 1 N–H and O–H groups in total. The smallest absolute Gasteiger partial charge is 0.243 e. The predicted molar refractivity (Wildman–Crippen MR) is 111 cm³/mol. The lowest BCUT2D eigenvalue weighted by molar-refractivity contribution is -0.124. The second-order valence-corrected chi connectivity index (χ2v) is 9.44. The minimum absolute atomic E-state index is 0.163. The molecule has 0 aromatic heterocycles. The van der Waals surface area contributed by atoms with Gasteiger partial charge >= 0.3 is 0 Å². The summed E-state index contributed by atoms with van der Waals surface area (Å²) in [5.41, 5.74) is 2.46. The number of nitrogens with one attached hydrogen (secondary N) is 1. The topological polar surface area (TPSA) is 66.5 Å². The van der Waals surface area contributed by atoms with Crippen LogP contribution < -0.4 is 5.32 Å². The average Bonchev–Trinajstić information content (AvgIpc) is 3.16. The number of aryl methyl sites for hydroxylation is 2. The lowest BCUT2D eigenvalue weighted by Gasteiger charge is -2.23. The zero-order valence-electron chi connectivity index (χ0n) is 15.9. The minimum Gasteiger partial charge on any atom is -0.355 e. The number of hydrogen-bond acceptors (Lipinski definition) is 3. The molecular formula is C21H25ClN2O3S. The van der Waals surface area contributed by atoms with E-state index in [0.29, 0.717) is 31.0 Å². The number of carbonyl (C=O) groups is 1. The second kappa shape index (κ2) is 9.07. The van der Waals surface area contributed by atoms with Crippen LogP contribution in [-0.4, -0.2) is 37.8 Å². The summed E-state index contributed by atoms with van der Waals surface area (Å²) in [6, 6.07) is 13.7. The quantitative estimate of drug-likeness (QED) is 0.696. The van der Waals surface area contributed by atoms with Crippen LogP contribution in [0.5, 0.6) is 0 Å². The fourth-order valence-corrected chi connectivity index (χ4v) is 5.30. The van der Waals surface area contributed by atoms with Crippen molar-refractivity contribution in [2.24, 2.45) is 0 Å². The molecule has 1 aliphatic rings. The first-order chi connectivity index (χ1) is 13.4. The Bertz CT molecular complexity index is 929. The van der Waals surface area contributed by atoms with E-state index in [9.17, 15) is 13.2 Å². The van der Waals surface area contributed by atoms with Gasteiger partial charge in [-0.2, -0.15) is 4.31 Å². The van der Waals surface area contributed by atoms with Gasteiger partial charge in [-0.05, 0) is 62.4 Å². The van der Waals surface area contributed by atoms with E-state index < -0.39 is 16.1 Å². The molecule has 0 radical (unpaired) electrons. The number of amides is 1. The Hall–Kier alpha value is -1.89. The van der Waals surface area contributed by atoms with Gasteiger partial charge < -0.3 is 5.32 Å². The van der Waals surface area contributed by atoms with Crippen LogP contribution in [0.1, 0.15) is 30.4 Å². The van der Waals surface area contributed by atoms with Gasteiger partial charge in [0.15, 0.2) is 0 Å². The summed E-state index contributed by atoms with van der Waals surface area (Å²) >= 11 is 5.85. The van der Waals surface area contributed by atoms with E-state index in [2.05, 4.69) is 30.4 Å². The molecule has 0 aliphatic carbocycles. The second-order valence-electron chi connectivity index (χ2n) is 7.11. The van der Waals surface area contributed by atoms with Gasteiger partial charge in [-0.1, -0.05) is 41.4 Å². The van der Waals surface area contributed by atoms with Gasteiger partial charge in [0.25, 0.3) is 0 Å². The van der Waals surface area contributed by atoms with Crippen LogP contribution in [0.4, 0.5) is 0 Å². The zero-order chi connectivity index (χ0) is 20.1. The van der Waals surface area contributed by atoms with Crippen molar-refractivity contribution in [2.45, 2.75) is 43.5 Å². The van der Waals surface area contributed by atoms with E-state index in [0.717, 1.165) is 12.8 Å². The first kappa shape index (κ1) is 20.8. The summed E-state index contributed by atoms with van der Waals surface area (Å²) in [6.45, 7) is 2.94. The van der Waals surface area contributed by atoms with Gasteiger partial charge in [-0.3, -0.25) is 4.79 Å². The standard InChI is InChI=1S/C21H25ClN2O3S/c1-16-5-2-6-17(15-16)7-3-13-23-21(25)20-8-4-14-24(20)28(26,27)19-11-9-18(22)10-12-19/h2,5-6,9-12,15,20H,3-4,7-8,13-14H2,1H3,(H,23,25)/t20-/m1/s1. The Balaban J connectivity index is 1.57. The molecule has 1 aliphatic heterocycles. The molecule has 150 valence electrons. The number of hydrogen-bond donors (Lipinski definition) is 1. The van der Waals surface area contributed by atoms with Crippen molar-refractivity contribution in [1.82, 2.24) is 9.62 Å². The molecule has 3 rings (SSSR count). The summed E-state index contributed by atoms with van der Waals surface area (Å²) in [6.07, 6.45) is 2.90. The van der Waals surface area contributed by atoms with Crippen LogP contribution >= 0.6 is 11.6 Å². The molecule has 0 bridgehead atoms. The first-order valence-corrected chi connectivity index (χ1v) is 11.3. The van der Waals surface area contributed by atoms with E-state index in [4.69, 9.17) is 11.6 Å². The molecular weight excluding hydrogens is 396 g/mol. The largest absolute Gasteiger partial charge is 0.355 e. The number of carbonyl (C=O) groups excluding carboxylic acids is 1. The normalized spacial score (nSPS) is 17.6. The summed E-state index contributed by atoms with van der Waals surface area (Å²) in [7, 11) is -3.71. The molecule has 28 heavy (non-hydrogen) atoms. The van der Waals surface area contributed by atoms with Crippen molar-refractivity contribution >= 4 is 27.5 Å². The third-order valence-electron chi connectivity index (χ3n) is 4.95. The maximum absolute atomic E-state index is 12.9. The van der Waals surface area contributed by atoms with Crippen molar-refractivity contribution in [2.75, 3.05) is 13.1 Å². The zero-order valence-corrected chi connectivity index (χ0v) is 17.5. The number of nitrogens with zero attached hydrogens (tertiary/aromatic N) is 1. The van der Waals surface area contributed by atoms with Crippen molar-refractivity contribution in [3.8, 4) is 0 Å². The van der Waals surface area contributed by atoms with Gasteiger partial charge in [0.1, 0.15) is 6.04 Å². The lowest BCUT2D eigenvalue weighted by Crippen LogP contribution is -2.46. The maximum atomic E-state index is 12.9. The fraction of sp³-hybridized carbons (Fsp3) is 0.381. The molecule has 1 fully saturated rings. The van der Waals surface area contributed by atoms with Gasteiger partial charge in [0.05, 0.1) is 4.90 Å². The summed E-state index contributed by atoms with van der Waals surface area (Å²) in [4.78, 5) is 12.8. The minimum atomic E-state index is -3.71. The van der Waals surface area contributed by atoms with Crippen molar-refractivity contribution in [3.63, 3.8) is 0 Å². The van der Waals surface area contributed by atoms with Gasteiger partial charge in [0.2, 0.25) is 15.9 Å². The third kappa shape index (κ3) is 4.93. The Morgan fingerprint density at radius 2 is 1.96 bits per heavy atom. The highest BCUT2D eigenvalue weighted by Crippen LogP contribution is 2.27. The van der Waals surface area contributed by atoms with Crippen LogP contribution in [0.25, 0.3) is 0 Å². The maximum Gasteiger partial charge on any atom is 0.243 e. The average molecular weight is 421 g/mol. The number of sulfonamides is 1. The molecule has 2 aromatic rings.